The number of methoxy groups -OCH3 is 1. The van der Waals surface area contributed by atoms with Crippen molar-refractivity contribution >= 4 is 5.69 Å². The lowest BCUT2D eigenvalue weighted by atomic mass is 9.99. The Morgan fingerprint density at radius 3 is 3.07 bits per heavy atom. The lowest BCUT2D eigenvalue weighted by Crippen LogP contribution is -2.33. The maximum atomic E-state index is 5.76. The van der Waals surface area contributed by atoms with Crippen LogP contribution in [-0.4, -0.2) is 31.7 Å². The van der Waals surface area contributed by atoms with Gasteiger partial charge < -0.3 is 10.5 Å². The van der Waals surface area contributed by atoms with E-state index < -0.39 is 0 Å². The molecule has 0 aliphatic carbocycles. The standard InChI is InChI=1S/C12H18N2O/c1-15-7-6-14-5-4-10-8-12(13)3-2-11(10)9-14/h2-3,8H,4-7,9,13H2,1H3. The molecule has 2 N–H and O–H groups in total. The van der Waals surface area contributed by atoms with E-state index in [9.17, 15) is 0 Å². The van der Waals surface area contributed by atoms with Gasteiger partial charge in [0.2, 0.25) is 0 Å². The van der Waals surface area contributed by atoms with E-state index in [0.29, 0.717) is 0 Å². The Balaban J connectivity index is 2.03. The van der Waals surface area contributed by atoms with E-state index in [1.165, 1.54) is 11.1 Å². The second-order valence-electron chi connectivity index (χ2n) is 4.05. The fourth-order valence-corrected chi connectivity index (χ4v) is 2.04. The van der Waals surface area contributed by atoms with Crippen LogP contribution in [0.2, 0.25) is 0 Å². The van der Waals surface area contributed by atoms with E-state index in [4.69, 9.17) is 10.5 Å². The summed E-state index contributed by atoms with van der Waals surface area (Å²) in [4.78, 5) is 2.42. The molecule has 1 heterocycles. The molecule has 2 rings (SSSR count). The molecule has 1 aliphatic heterocycles. The summed E-state index contributed by atoms with van der Waals surface area (Å²) in [6.45, 7) is 3.96. The predicted molar refractivity (Wildman–Crippen MR) is 61.7 cm³/mol. The smallest absolute Gasteiger partial charge is 0.0589 e. The summed E-state index contributed by atoms with van der Waals surface area (Å²) in [7, 11) is 1.75. The molecule has 0 unspecified atom stereocenters. The fraction of sp³-hybridized carbons (Fsp3) is 0.500. The zero-order chi connectivity index (χ0) is 10.7. The zero-order valence-corrected chi connectivity index (χ0v) is 9.20. The van der Waals surface area contributed by atoms with Crippen LogP contribution >= 0.6 is 0 Å². The van der Waals surface area contributed by atoms with Crippen molar-refractivity contribution in [2.75, 3.05) is 32.5 Å². The van der Waals surface area contributed by atoms with Gasteiger partial charge in [-0.3, -0.25) is 4.90 Å². The van der Waals surface area contributed by atoms with E-state index in [1.807, 2.05) is 6.07 Å². The second-order valence-corrected chi connectivity index (χ2v) is 4.05. The zero-order valence-electron chi connectivity index (χ0n) is 9.20. The van der Waals surface area contributed by atoms with Crippen LogP contribution < -0.4 is 5.73 Å². The number of nitrogen functional groups attached to an aromatic ring is 1. The molecule has 15 heavy (non-hydrogen) atoms. The maximum Gasteiger partial charge on any atom is 0.0589 e. The van der Waals surface area contributed by atoms with Crippen LogP contribution in [0.1, 0.15) is 11.1 Å². The number of hydrogen-bond donors (Lipinski definition) is 1. The highest BCUT2D eigenvalue weighted by Crippen LogP contribution is 2.20. The average Bonchev–Trinajstić information content (AvgIpc) is 2.26. The van der Waals surface area contributed by atoms with Crippen molar-refractivity contribution in [2.45, 2.75) is 13.0 Å². The average molecular weight is 206 g/mol. The van der Waals surface area contributed by atoms with Crippen molar-refractivity contribution < 1.29 is 4.74 Å². The van der Waals surface area contributed by atoms with Crippen LogP contribution in [0, 0.1) is 0 Å². The van der Waals surface area contributed by atoms with Crippen LogP contribution in [0.25, 0.3) is 0 Å². The highest BCUT2D eigenvalue weighted by Gasteiger charge is 2.15. The number of ether oxygens (including phenoxy) is 1. The molecule has 3 heteroatoms. The third-order valence-corrected chi connectivity index (χ3v) is 2.93. The molecular formula is C12H18N2O. The van der Waals surface area contributed by atoms with Gasteiger partial charge in [-0.05, 0) is 29.7 Å². The largest absolute Gasteiger partial charge is 0.399 e. The topological polar surface area (TPSA) is 38.5 Å². The molecule has 3 nitrogen and oxygen atoms in total. The Kier molecular flexibility index (Phi) is 3.23. The lowest BCUT2D eigenvalue weighted by molar-refractivity contribution is 0.141. The van der Waals surface area contributed by atoms with E-state index in [0.717, 1.165) is 38.3 Å². The van der Waals surface area contributed by atoms with Gasteiger partial charge in [-0.1, -0.05) is 6.07 Å². The normalized spacial score (nSPS) is 16.3. The van der Waals surface area contributed by atoms with Crippen molar-refractivity contribution in [2.24, 2.45) is 0 Å². The van der Waals surface area contributed by atoms with Gasteiger partial charge in [0, 0.05) is 32.4 Å². The number of anilines is 1. The molecule has 0 saturated heterocycles. The number of hydrogen-bond acceptors (Lipinski definition) is 3. The molecule has 0 aromatic heterocycles. The summed E-state index contributed by atoms with van der Waals surface area (Å²) in [5, 5.41) is 0. The molecule has 0 bridgehead atoms. The Hall–Kier alpha value is -1.06. The Labute approximate surface area is 90.8 Å². The number of nitrogens with zero attached hydrogens (tertiary/aromatic N) is 1. The number of fused-ring (bicyclic) bond motifs is 1. The molecule has 0 spiro atoms. The molecule has 0 atom stereocenters. The van der Waals surface area contributed by atoms with Crippen molar-refractivity contribution in [1.29, 1.82) is 0 Å². The molecule has 1 aliphatic rings. The summed E-state index contributed by atoms with van der Waals surface area (Å²) in [6, 6.07) is 6.23. The van der Waals surface area contributed by atoms with Crippen molar-refractivity contribution in [3.05, 3.63) is 29.3 Å². The van der Waals surface area contributed by atoms with Crippen molar-refractivity contribution in [3.63, 3.8) is 0 Å². The summed E-state index contributed by atoms with van der Waals surface area (Å²) < 4.78 is 5.09. The number of nitrogens with two attached hydrogens (primary N) is 1. The predicted octanol–water partition coefficient (Wildman–Crippen LogP) is 1.27. The van der Waals surface area contributed by atoms with Crippen LogP contribution in [-0.2, 0) is 17.7 Å². The Morgan fingerprint density at radius 1 is 1.40 bits per heavy atom. The first-order chi connectivity index (χ1) is 7.29. The molecule has 0 saturated carbocycles. The van der Waals surface area contributed by atoms with Crippen molar-refractivity contribution in [1.82, 2.24) is 4.90 Å². The monoisotopic (exact) mass is 206 g/mol. The van der Waals surface area contributed by atoms with Crippen LogP contribution in [0.5, 0.6) is 0 Å². The summed E-state index contributed by atoms with van der Waals surface area (Å²) >= 11 is 0. The minimum atomic E-state index is 0.810. The molecule has 0 amide bonds. The van der Waals surface area contributed by atoms with E-state index in [2.05, 4.69) is 17.0 Å². The first-order valence-corrected chi connectivity index (χ1v) is 5.38. The second kappa shape index (κ2) is 4.64. The van der Waals surface area contributed by atoms with Crippen LogP contribution in [0.15, 0.2) is 18.2 Å². The molecule has 0 radical (unpaired) electrons. The summed E-state index contributed by atoms with van der Waals surface area (Å²) in [5.74, 6) is 0. The first-order valence-electron chi connectivity index (χ1n) is 5.38. The third kappa shape index (κ3) is 2.49. The van der Waals surface area contributed by atoms with Crippen LogP contribution in [0.4, 0.5) is 5.69 Å². The number of benzene rings is 1. The lowest BCUT2D eigenvalue weighted by Gasteiger charge is -2.28. The van der Waals surface area contributed by atoms with E-state index in [1.54, 1.807) is 7.11 Å². The van der Waals surface area contributed by atoms with Crippen LogP contribution in [0.3, 0.4) is 0 Å². The van der Waals surface area contributed by atoms with Crippen molar-refractivity contribution in [3.8, 4) is 0 Å². The third-order valence-electron chi connectivity index (χ3n) is 2.93. The van der Waals surface area contributed by atoms with Gasteiger partial charge >= 0.3 is 0 Å². The van der Waals surface area contributed by atoms with Gasteiger partial charge in [0.05, 0.1) is 6.61 Å². The molecule has 1 aromatic rings. The van der Waals surface area contributed by atoms with Gasteiger partial charge in [0.15, 0.2) is 0 Å². The minimum Gasteiger partial charge on any atom is -0.399 e. The van der Waals surface area contributed by atoms with Gasteiger partial charge in [-0.2, -0.15) is 0 Å². The first kappa shape index (κ1) is 10.5. The highest BCUT2D eigenvalue weighted by atomic mass is 16.5. The Morgan fingerprint density at radius 2 is 2.27 bits per heavy atom. The van der Waals surface area contributed by atoms with Gasteiger partial charge in [0.25, 0.3) is 0 Å². The number of rotatable bonds is 3. The maximum absolute atomic E-state index is 5.76. The molecule has 0 fully saturated rings. The molecule has 82 valence electrons. The minimum absolute atomic E-state index is 0.810. The van der Waals surface area contributed by atoms with Gasteiger partial charge in [-0.15, -0.1) is 0 Å². The highest BCUT2D eigenvalue weighted by molar-refractivity contribution is 5.45. The SMILES string of the molecule is COCCN1CCc2cc(N)ccc2C1. The summed E-state index contributed by atoms with van der Waals surface area (Å²) in [5.41, 5.74) is 9.45. The fourth-order valence-electron chi connectivity index (χ4n) is 2.04. The quantitative estimate of drug-likeness (QED) is 0.757. The molecular weight excluding hydrogens is 188 g/mol. The summed E-state index contributed by atoms with van der Waals surface area (Å²) in [6.07, 6.45) is 1.10. The van der Waals surface area contributed by atoms with E-state index in [-0.39, 0.29) is 0 Å². The van der Waals surface area contributed by atoms with Gasteiger partial charge in [-0.25, -0.2) is 0 Å². The van der Waals surface area contributed by atoms with Gasteiger partial charge in [0.1, 0.15) is 0 Å². The Bertz CT molecular complexity index is 338. The molecule has 1 aromatic carbocycles. The van der Waals surface area contributed by atoms with E-state index >= 15 is 0 Å².